The molecule has 0 spiro atoms. The Balaban J connectivity index is 2.24. The van der Waals surface area contributed by atoms with Crippen molar-refractivity contribution in [1.82, 2.24) is 10.3 Å². The Morgan fingerprint density at radius 2 is 1.85 bits per heavy atom. The van der Waals surface area contributed by atoms with Crippen LogP contribution in [0.15, 0.2) is 48.7 Å². The first-order valence-corrected chi connectivity index (χ1v) is 6.31. The highest BCUT2D eigenvalue weighted by Gasteiger charge is 2.27. The maximum Gasteiger partial charge on any atom is 0.308 e. The number of aromatic amines is 1. The van der Waals surface area contributed by atoms with Gasteiger partial charge in [-0.3, -0.25) is 9.59 Å². The number of carbonyl (C=O) groups is 2. The fraction of sp³-hybridized carbons (Fsp3) is 0.200. The molecular formula is C15H16N2O3. The van der Waals surface area contributed by atoms with Crippen molar-refractivity contribution in [2.75, 3.05) is 0 Å². The summed E-state index contributed by atoms with van der Waals surface area (Å²) in [5, 5.41) is 12.0. The van der Waals surface area contributed by atoms with E-state index in [2.05, 4.69) is 10.3 Å². The smallest absolute Gasteiger partial charge is 0.308 e. The standard InChI is InChI=1S/C15H16N2O3/c1-10(15(19)20)13(11-6-3-2-4-7-11)17-14(18)12-8-5-9-16-12/h2-10,13,16H,1H3,(H,17,18)(H,19,20)/t10-,13-/m0/s1. The lowest BCUT2D eigenvalue weighted by Crippen LogP contribution is -2.35. The van der Waals surface area contributed by atoms with E-state index < -0.39 is 17.9 Å². The Morgan fingerprint density at radius 1 is 1.15 bits per heavy atom. The molecule has 0 aliphatic rings. The quantitative estimate of drug-likeness (QED) is 0.780. The molecule has 0 radical (unpaired) electrons. The summed E-state index contributed by atoms with van der Waals surface area (Å²) in [6.45, 7) is 1.58. The summed E-state index contributed by atoms with van der Waals surface area (Å²) < 4.78 is 0. The number of nitrogens with one attached hydrogen (secondary N) is 2. The van der Waals surface area contributed by atoms with Crippen molar-refractivity contribution in [3.63, 3.8) is 0 Å². The second-order valence-electron chi connectivity index (χ2n) is 4.57. The highest BCUT2D eigenvalue weighted by Crippen LogP contribution is 2.22. The van der Waals surface area contributed by atoms with Crippen molar-refractivity contribution in [2.24, 2.45) is 5.92 Å². The molecule has 0 saturated carbocycles. The van der Waals surface area contributed by atoms with E-state index in [0.29, 0.717) is 5.69 Å². The van der Waals surface area contributed by atoms with Gasteiger partial charge in [-0.1, -0.05) is 30.3 Å². The van der Waals surface area contributed by atoms with Crippen molar-refractivity contribution in [2.45, 2.75) is 13.0 Å². The van der Waals surface area contributed by atoms with Gasteiger partial charge in [-0.15, -0.1) is 0 Å². The maximum absolute atomic E-state index is 12.1. The largest absolute Gasteiger partial charge is 0.481 e. The van der Waals surface area contributed by atoms with Gasteiger partial charge in [0, 0.05) is 6.20 Å². The lowest BCUT2D eigenvalue weighted by atomic mass is 9.94. The predicted octanol–water partition coefficient (Wildman–Crippen LogP) is 2.21. The normalized spacial score (nSPS) is 13.4. The summed E-state index contributed by atoms with van der Waals surface area (Å²) >= 11 is 0. The zero-order chi connectivity index (χ0) is 14.5. The monoisotopic (exact) mass is 272 g/mol. The molecule has 1 aromatic carbocycles. The van der Waals surface area contributed by atoms with Crippen molar-refractivity contribution < 1.29 is 14.7 Å². The minimum atomic E-state index is -0.953. The lowest BCUT2D eigenvalue weighted by molar-refractivity contribution is -0.142. The van der Waals surface area contributed by atoms with Gasteiger partial charge in [0.2, 0.25) is 0 Å². The van der Waals surface area contributed by atoms with Crippen LogP contribution in [0.25, 0.3) is 0 Å². The van der Waals surface area contributed by atoms with Crippen LogP contribution in [0.2, 0.25) is 0 Å². The van der Waals surface area contributed by atoms with Crippen LogP contribution < -0.4 is 5.32 Å². The molecule has 0 bridgehead atoms. The molecule has 2 rings (SSSR count). The van der Waals surface area contributed by atoms with Gasteiger partial charge in [0.05, 0.1) is 12.0 Å². The summed E-state index contributed by atoms with van der Waals surface area (Å²) in [6, 6.07) is 11.9. The molecule has 1 heterocycles. The number of carboxylic acid groups (broad SMARTS) is 1. The summed E-state index contributed by atoms with van der Waals surface area (Å²) in [5.74, 6) is -2.00. The first kappa shape index (κ1) is 13.9. The van der Waals surface area contributed by atoms with E-state index in [4.69, 9.17) is 0 Å². The van der Waals surface area contributed by atoms with Gasteiger partial charge >= 0.3 is 5.97 Å². The number of carboxylic acids is 1. The van der Waals surface area contributed by atoms with Crippen LogP contribution in [0.5, 0.6) is 0 Å². The van der Waals surface area contributed by atoms with Crippen molar-refractivity contribution in [1.29, 1.82) is 0 Å². The third kappa shape index (κ3) is 3.06. The van der Waals surface area contributed by atoms with E-state index in [-0.39, 0.29) is 5.91 Å². The topological polar surface area (TPSA) is 82.2 Å². The van der Waals surface area contributed by atoms with Gasteiger partial charge in [0.15, 0.2) is 0 Å². The fourth-order valence-electron chi connectivity index (χ4n) is 1.99. The third-order valence-electron chi connectivity index (χ3n) is 3.18. The van der Waals surface area contributed by atoms with E-state index >= 15 is 0 Å². The Labute approximate surface area is 116 Å². The van der Waals surface area contributed by atoms with Crippen molar-refractivity contribution in [3.05, 3.63) is 59.9 Å². The SMILES string of the molecule is C[C@H](C(=O)O)[C@H](NC(=O)c1ccc[nH]1)c1ccccc1. The minimum absolute atomic E-state index is 0.322. The number of benzene rings is 1. The fourth-order valence-corrected chi connectivity index (χ4v) is 1.99. The first-order chi connectivity index (χ1) is 9.59. The van der Waals surface area contributed by atoms with Gasteiger partial charge in [0.25, 0.3) is 5.91 Å². The number of hydrogen-bond acceptors (Lipinski definition) is 2. The molecule has 0 aliphatic carbocycles. The first-order valence-electron chi connectivity index (χ1n) is 6.31. The number of aliphatic carboxylic acids is 1. The Morgan fingerprint density at radius 3 is 2.40 bits per heavy atom. The zero-order valence-corrected chi connectivity index (χ0v) is 11.0. The summed E-state index contributed by atoms with van der Waals surface area (Å²) in [6.07, 6.45) is 1.65. The van der Waals surface area contributed by atoms with E-state index in [1.807, 2.05) is 18.2 Å². The number of rotatable bonds is 5. The minimum Gasteiger partial charge on any atom is -0.481 e. The van der Waals surface area contributed by atoms with Crippen LogP contribution in [0.1, 0.15) is 29.0 Å². The summed E-state index contributed by atoms with van der Waals surface area (Å²) in [4.78, 5) is 26.1. The molecule has 5 nitrogen and oxygen atoms in total. The highest BCUT2D eigenvalue weighted by molar-refractivity contribution is 5.93. The Bertz CT molecular complexity index is 578. The van der Waals surface area contributed by atoms with Crippen molar-refractivity contribution in [3.8, 4) is 0 Å². The van der Waals surface area contributed by atoms with E-state index in [0.717, 1.165) is 5.56 Å². The molecule has 0 aliphatic heterocycles. The highest BCUT2D eigenvalue weighted by atomic mass is 16.4. The molecule has 1 aromatic heterocycles. The summed E-state index contributed by atoms with van der Waals surface area (Å²) in [7, 11) is 0. The molecule has 0 fully saturated rings. The molecule has 5 heteroatoms. The number of amides is 1. The Hall–Kier alpha value is -2.56. The molecule has 2 atom stereocenters. The van der Waals surface area contributed by atoms with E-state index in [1.54, 1.807) is 37.4 Å². The number of hydrogen-bond donors (Lipinski definition) is 3. The van der Waals surface area contributed by atoms with E-state index in [1.165, 1.54) is 0 Å². The van der Waals surface area contributed by atoms with E-state index in [9.17, 15) is 14.7 Å². The summed E-state index contributed by atoms with van der Waals surface area (Å²) in [5.41, 5.74) is 1.17. The number of carbonyl (C=O) groups excluding carboxylic acids is 1. The van der Waals surface area contributed by atoms with Gasteiger partial charge in [-0.05, 0) is 24.6 Å². The van der Waals surface area contributed by atoms with Crippen LogP contribution >= 0.6 is 0 Å². The maximum atomic E-state index is 12.1. The zero-order valence-electron chi connectivity index (χ0n) is 11.0. The average molecular weight is 272 g/mol. The second kappa shape index (κ2) is 6.06. The van der Waals surface area contributed by atoms with Gasteiger partial charge in [-0.2, -0.15) is 0 Å². The molecule has 2 aromatic rings. The molecule has 104 valence electrons. The molecule has 1 amide bonds. The van der Waals surface area contributed by atoms with Gasteiger partial charge in [-0.25, -0.2) is 0 Å². The van der Waals surface area contributed by atoms with Crippen molar-refractivity contribution >= 4 is 11.9 Å². The van der Waals surface area contributed by atoms with Crippen LogP contribution in [-0.4, -0.2) is 22.0 Å². The molecule has 0 unspecified atom stereocenters. The third-order valence-corrected chi connectivity index (χ3v) is 3.18. The van der Waals surface area contributed by atoms with Crippen LogP contribution in [0.3, 0.4) is 0 Å². The number of H-pyrrole nitrogens is 1. The lowest BCUT2D eigenvalue weighted by Gasteiger charge is -2.22. The van der Waals surface area contributed by atoms with Gasteiger partial charge < -0.3 is 15.4 Å². The second-order valence-corrected chi connectivity index (χ2v) is 4.57. The van der Waals surface area contributed by atoms with Crippen LogP contribution in [0.4, 0.5) is 0 Å². The molecular weight excluding hydrogens is 256 g/mol. The molecule has 20 heavy (non-hydrogen) atoms. The number of aromatic nitrogens is 1. The van der Waals surface area contributed by atoms with Crippen LogP contribution in [-0.2, 0) is 4.79 Å². The molecule has 0 saturated heterocycles. The van der Waals surface area contributed by atoms with Gasteiger partial charge in [0.1, 0.15) is 5.69 Å². The Kier molecular flexibility index (Phi) is 4.20. The molecule has 3 N–H and O–H groups in total. The average Bonchev–Trinajstić information content (AvgIpc) is 2.99. The predicted molar refractivity (Wildman–Crippen MR) is 74.2 cm³/mol. The van der Waals surface area contributed by atoms with Crippen LogP contribution in [0, 0.1) is 5.92 Å².